The Morgan fingerprint density at radius 1 is 0.852 bits per heavy atom. The van der Waals surface area contributed by atoms with Gasteiger partial charge < -0.3 is 20.2 Å². The van der Waals surface area contributed by atoms with Crippen LogP contribution in [0.25, 0.3) is 0 Å². The Morgan fingerprint density at radius 3 is 1.89 bits per heavy atom. The molecule has 10 nitrogen and oxygen atoms in total. The first-order chi connectivity index (χ1) is 29.9. The van der Waals surface area contributed by atoms with Crippen LogP contribution >= 0.6 is 34.7 Å². The van der Waals surface area contributed by atoms with Crippen LogP contribution < -0.4 is 10.6 Å². The first-order valence-corrected chi connectivity index (χ1v) is 21.9. The maximum Gasteiger partial charge on any atom is 0.356 e. The number of alkyl halides is 1. The summed E-state index contributed by atoms with van der Waals surface area (Å²) in [5, 5.41) is 12.3. The Morgan fingerprint density at radius 2 is 1.38 bits per heavy atom. The van der Waals surface area contributed by atoms with Gasteiger partial charge in [0.2, 0.25) is 0 Å². The number of rotatable bonds is 15. The van der Waals surface area contributed by atoms with Gasteiger partial charge in [0.15, 0.2) is 16.9 Å². The molecule has 0 radical (unpaired) electrons. The molecule has 1 unspecified atom stereocenters. The average Bonchev–Trinajstić information content (AvgIpc) is 3.79. The molecule has 3 heterocycles. The maximum atomic E-state index is 14.3. The monoisotopic (exact) mass is 865 g/mol. The van der Waals surface area contributed by atoms with E-state index in [9.17, 15) is 14.4 Å². The third-order valence-corrected chi connectivity index (χ3v) is 12.6. The molecular formula is C48H40ClN5O5S2. The Hall–Kier alpha value is -6.47. The minimum Gasteiger partial charge on any atom is -0.448 e. The lowest BCUT2D eigenvalue weighted by Gasteiger charge is -2.49. The number of oxime groups is 1. The second kappa shape index (κ2) is 18.8. The van der Waals surface area contributed by atoms with Crippen LogP contribution in [0, 0.1) is 0 Å². The van der Waals surface area contributed by atoms with Crippen LogP contribution in [-0.4, -0.2) is 63.5 Å². The van der Waals surface area contributed by atoms with Gasteiger partial charge in [-0.1, -0.05) is 169 Å². The maximum absolute atomic E-state index is 14.3. The summed E-state index contributed by atoms with van der Waals surface area (Å²) < 4.78 is 6.24. The highest BCUT2D eigenvalue weighted by atomic mass is 35.5. The van der Waals surface area contributed by atoms with Crippen LogP contribution in [0.3, 0.4) is 0 Å². The molecule has 0 bridgehead atoms. The van der Waals surface area contributed by atoms with Gasteiger partial charge in [0.1, 0.15) is 35.5 Å². The predicted molar refractivity (Wildman–Crippen MR) is 241 cm³/mol. The Kier molecular flexibility index (Phi) is 12.8. The summed E-state index contributed by atoms with van der Waals surface area (Å²) >= 11 is 8.74. The molecule has 2 aliphatic heterocycles. The molecule has 8 rings (SSSR count). The lowest BCUT2D eigenvalue weighted by molar-refractivity contribution is -0.154. The van der Waals surface area contributed by atoms with Crippen LogP contribution in [-0.2, 0) is 29.5 Å². The molecular weight excluding hydrogens is 826 g/mol. The molecule has 1 fully saturated rings. The number of nitrogens with zero attached hydrogens (tertiary/aromatic N) is 3. The molecule has 0 saturated carbocycles. The summed E-state index contributed by atoms with van der Waals surface area (Å²) in [5.74, 6) is -1.22. The highest BCUT2D eigenvalue weighted by Crippen LogP contribution is 2.43. The van der Waals surface area contributed by atoms with Crippen molar-refractivity contribution in [2.24, 2.45) is 5.16 Å². The number of halogens is 1. The number of thiazole rings is 1. The fraction of sp³-hybridized carbons (Fsp3) is 0.146. The van der Waals surface area contributed by atoms with Crippen molar-refractivity contribution in [3.8, 4) is 0 Å². The normalized spacial score (nSPS) is 16.5. The zero-order chi connectivity index (χ0) is 42.2. The molecule has 2 aliphatic rings. The fourth-order valence-corrected chi connectivity index (χ4v) is 9.74. The summed E-state index contributed by atoms with van der Waals surface area (Å²) in [6.07, 6.45) is 2.73. The van der Waals surface area contributed by atoms with Crippen LogP contribution in [0.5, 0.6) is 0 Å². The van der Waals surface area contributed by atoms with Crippen LogP contribution in [0.2, 0.25) is 0 Å². The van der Waals surface area contributed by atoms with E-state index in [4.69, 9.17) is 26.2 Å². The zero-order valence-corrected chi connectivity index (χ0v) is 35.3. The van der Waals surface area contributed by atoms with Gasteiger partial charge in [-0.15, -0.1) is 34.7 Å². The van der Waals surface area contributed by atoms with E-state index in [1.807, 2.05) is 115 Å². The van der Waals surface area contributed by atoms with Crippen LogP contribution in [0.4, 0.5) is 5.13 Å². The van der Waals surface area contributed by atoms with Gasteiger partial charge in [-0.25, -0.2) is 9.78 Å². The van der Waals surface area contributed by atoms with Crippen molar-refractivity contribution in [1.82, 2.24) is 15.2 Å². The van der Waals surface area contributed by atoms with Crippen molar-refractivity contribution in [2.45, 2.75) is 23.1 Å². The molecule has 2 atom stereocenters. The topological polar surface area (TPSA) is 122 Å². The standard InChI is InChI=1S/C48H40ClN5O5S2/c1-58-53-39(38-31-61-47(50-38)52-48(35-23-11-4-12-24-35,36-25-13-5-14-26-36)37-27-15-6-16-28-37)43(55)51-40-44(56)54-41(34(22-17-29-49)30-60-45(40)54)46(57)59-42(32-18-7-2-8-19-32)33-20-9-3-10-21-33/h2-28,31,40,42,45H,29-30H2,1H3,(H,50,52)(H,51,55)/b22-17?,53-39-/t40?,45-/m0/s1. The van der Waals surface area contributed by atoms with Gasteiger partial charge in [0.05, 0.1) is 0 Å². The number of hydrogen-bond donors (Lipinski definition) is 2. The number of benzene rings is 5. The number of fused-ring (bicyclic) bond motifs is 1. The smallest absolute Gasteiger partial charge is 0.356 e. The quantitative estimate of drug-likeness (QED) is 0.0263. The van der Waals surface area contributed by atoms with Crippen molar-refractivity contribution in [2.75, 3.05) is 24.1 Å². The van der Waals surface area contributed by atoms with E-state index in [2.05, 4.69) is 52.2 Å². The molecule has 1 saturated heterocycles. The minimum absolute atomic E-state index is 0.109. The van der Waals surface area contributed by atoms with Gasteiger partial charge >= 0.3 is 5.97 Å². The van der Waals surface area contributed by atoms with E-state index < -0.39 is 40.8 Å². The number of ether oxygens (including phenoxy) is 1. The zero-order valence-electron chi connectivity index (χ0n) is 32.9. The lowest BCUT2D eigenvalue weighted by atomic mass is 9.77. The van der Waals surface area contributed by atoms with Crippen molar-refractivity contribution in [3.05, 3.63) is 214 Å². The molecule has 0 spiro atoms. The SMILES string of the molecule is CO/N=C(\C(=O)NC1C(=O)N2C(C(=O)OC(c3ccccc3)c3ccccc3)=C(C=CCCl)CS[C@@H]12)c1csc(NC(c2ccccc2)(c2ccccc2)c2ccccc2)n1. The third-order valence-electron chi connectivity index (χ3n) is 10.4. The van der Waals surface area contributed by atoms with E-state index in [1.54, 1.807) is 17.5 Å². The highest BCUT2D eigenvalue weighted by Gasteiger charge is 2.55. The molecule has 6 aromatic rings. The molecule has 5 aromatic carbocycles. The van der Waals surface area contributed by atoms with Crippen LogP contribution in [0.1, 0.15) is 39.6 Å². The summed E-state index contributed by atoms with van der Waals surface area (Å²) in [4.78, 5) is 53.9. The summed E-state index contributed by atoms with van der Waals surface area (Å²) in [6.45, 7) is 0. The van der Waals surface area contributed by atoms with Crippen molar-refractivity contribution >= 4 is 63.3 Å². The number of carbonyl (C=O) groups excluding carboxylic acids is 3. The van der Waals surface area contributed by atoms with E-state index in [0.717, 1.165) is 27.8 Å². The lowest BCUT2D eigenvalue weighted by Crippen LogP contribution is -2.71. The second-order valence-corrected chi connectivity index (χ2v) is 16.3. The van der Waals surface area contributed by atoms with Crippen LogP contribution in [0.15, 0.2) is 186 Å². The summed E-state index contributed by atoms with van der Waals surface area (Å²) in [7, 11) is 1.34. The third kappa shape index (κ3) is 8.47. The van der Waals surface area contributed by atoms with E-state index in [-0.39, 0.29) is 23.0 Å². The number of carbonyl (C=O) groups is 3. The summed E-state index contributed by atoms with van der Waals surface area (Å²) in [6, 6.07) is 48.2. The predicted octanol–water partition coefficient (Wildman–Crippen LogP) is 8.68. The van der Waals surface area contributed by atoms with E-state index in [0.29, 0.717) is 16.5 Å². The second-order valence-electron chi connectivity index (χ2n) is 14.0. The van der Waals surface area contributed by atoms with E-state index >= 15 is 0 Å². The number of esters is 1. The first-order valence-electron chi connectivity index (χ1n) is 19.5. The Bertz CT molecular complexity index is 2440. The molecule has 2 amide bonds. The van der Waals surface area contributed by atoms with Gasteiger partial charge in [-0.05, 0) is 33.4 Å². The number of thioether (sulfide) groups is 1. The largest absolute Gasteiger partial charge is 0.448 e. The molecule has 0 aliphatic carbocycles. The van der Waals surface area contributed by atoms with Gasteiger partial charge in [-0.3, -0.25) is 14.5 Å². The number of allylic oxidation sites excluding steroid dienone is 2. The fourth-order valence-electron chi connectivity index (χ4n) is 7.58. The Balaban J connectivity index is 1.05. The Labute approximate surface area is 367 Å². The molecule has 61 heavy (non-hydrogen) atoms. The first kappa shape index (κ1) is 41.3. The van der Waals surface area contributed by atoms with Gasteiger partial charge in [0.25, 0.3) is 11.8 Å². The number of anilines is 1. The van der Waals surface area contributed by atoms with Gasteiger partial charge in [-0.2, -0.15) is 0 Å². The van der Waals surface area contributed by atoms with Gasteiger partial charge in [0, 0.05) is 17.0 Å². The number of nitrogens with one attached hydrogen (secondary N) is 2. The van der Waals surface area contributed by atoms with E-state index in [1.165, 1.54) is 35.1 Å². The van der Waals surface area contributed by atoms with Crippen molar-refractivity contribution in [3.63, 3.8) is 0 Å². The molecule has 306 valence electrons. The average molecular weight is 866 g/mol. The van der Waals surface area contributed by atoms with Crippen molar-refractivity contribution < 1.29 is 24.0 Å². The number of amides is 2. The van der Waals surface area contributed by atoms with Crippen molar-refractivity contribution in [1.29, 1.82) is 0 Å². The minimum atomic E-state index is -0.974. The number of β-lactam (4-membered cyclic amide) rings is 1. The molecule has 13 heteroatoms. The highest BCUT2D eigenvalue weighted by molar-refractivity contribution is 8.00. The number of aromatic nitrogens is 1. The molecule has 1 aromatic heterocycles. The molecule has 2 N–H and O–H groups in total. The number of hydrogen-bond acceptors (Lipinski definition) is 10. The summed E-state index contributed by atoms with van der Waals surface area (Å²) in [5.41, 5.74) is 4.49.